The number of halogens is 2. The van der Waals surface area contributed by atoms with E-state index in [4.69, 9.17) is 26.1 Å². The van der Waals surface area contributed by atoms with Gasteiger partial charge >= 0.3 is 13.5 Å². The Morgan fingerprint density at radius 2 is 2.29 bits per heavy atom. The van der Waals surface area contributed by atoms with Crippen molar-refractivity contribution in [1.29, 1.82) is 0 Å². The normalized spacial score (nSPS) is 32.6. The first kappa shape index (κ1) is 20.1. The van der Waals surface area contributed by atoms with Gasteiger partial charge in [-0.25, -0.2) is 18.1 Å². The highest BCUT2D eigenvalue weighted by Crippen LogP contribution is 2.55. The molecule has 10 nitrogen and oxygen atoms in total. The van der Waals surface area contributed by atoms with Crippen LogP contribution in [0, 0.1) is 18.2 Å². The summed E-state index contributed by atoms with van der Waals surface area (Å²) in [5.41, 5.74) is -2.19. The van der Waals surface area contributed by atoms with Crippen molar-refractivity contribution in [1.82, 2.24) is 9.55 Å². The van der Waals surface area contributed by atoms with E-state index in [1.807, 2.05) is 10.9 Å². The smallest absolute Gasteiger partial charge is 0.404 e. The lowest BCUT2D eigenvalue weighted by atomic mass is 10.2. The maximum atomic E-state index is 15.3. The standard InChI is InChI=1S/C18H15F2N2O8P/c1-2-10-7-22(17(25)21-15(10)24)16-13(23)6-18(20,29-16)9-28-31(26)27-8-11-5-12(19)3-4-14(11)30-31/h1,3-5,7,13,16,23H,6,8-9H2,(H,21,24,25)/t13-,16-,18+,31?/m1/s1/i16D. The lowest BCUT2D eigenvalue weighted by Gasteiger charge is -2.27. The first-order chi connectivity index (χ1) is 15.0. The summed E-state index contributed by atoms with van der Waals surface area (Å²) in [6.45, 7) is -1.45. The molecule has 1 fully saturated rings. The number of fused-ring (bicyclic) bond motifs is 1. The molecule has 164 valence electrons. The second kappa shape index (κ2) is 7.71. The van der Waals surface area contributed by atoms with Crippen molar-refractivity contribution in [2.45, 2.75) is 31.2 Å². The van der Waals surface area contributed by atoms with E-state index in [0.29, 0.717) is 4.57 Å². The molecule has 2 aliphatic heterocycles. The zero-order valence-electron chi connectivity index (χ0n) is 16.5. The van der Waals surface area contributed by atoms with Gasteiger partial charge in [0.15, 0.2) is 6.20 Å². The Labute approximate surface area is 174 Å². The molecule has 4 rings (SSSR count). The predicted molar refractivity (Wildman–Crippen MR) is 99.2 cm³/mol. The summed E-state index contributed by atoms with van der Waals surface area (Å²) in [6, 6.07) is 3.36. The molecule has 2 N–H and O–H groups in total. The van der Waals surface area contributed by atoms with Crippen molar-refractivity contribution in [3.8, 4) is 18.1 Å². The van der Waals surface area contributed by atoms with E-state index in [0.717, 1.165) is 18.3 Å². The number of aliphatic hydroxyl groups excluding tert-OH is 1. The Bertz CT molecular complexity index is 1290. The van der Waals surface area contributed by atoms with Gasteiger partial charge in [0, 0.05) is 18.2 Å². The third-order valence-electron chi connectivity index (χ3n) is 4.45. The first-order valence-corrected chi connectivity index (χ1v) is 10.2. The summed E-state index contributed by atoms with van der Waals surface area (Å²) < 4.78 is 69.9. The van der Waals surface area contributed by atoms with E-state index in [2.05, 4.69) is 0 Å². The number of hydrogen-bond donors (Lipinski definition) is 2. The van der Waals surface area contributed by atoms with Crippen LogP contribution >= 0.6 is 7.82 Å². The average molecular weight is 457 g/mol. The average Bonchev–Trinajstić information content (AvgIpc) is 2.96. The predicted octanol–water partition coefficient (Wildman–Crippen LogP) is 1.34. The van der Waals surface area contributed by atoms with Crippen LogP contribution in [-0.4, -0.2) is 33.2 Å². The number of aromatic nitrogens is 2. The highest BCUT2D eigenvalue weighted by atomic mass is 31.2. The molecule has 13 heteroatoms. The van der Waals surface area contributed by atoms with Crippen LogP contribution in [0.25, 0.3) is 0 Å². The third kappa shape index (κ3) is 4.19. The van der Waals surface area contributed by atoms with Crippen molar-refractivity contribution in [3.05, 3.63) is 62.2 Å². The number of terminal acetylenes is 1. The van der Waals surface area contributed by atoms with Crippen LogP contribution in [0.1, 0.15) is 25.1 Å². The Morgan fingerprint density at radius 1 is 1.52 bits per heavy atom. The first-order valence-electron chi connectivity index (χ1n) is 9.24. The van der Waals surface area contributed by atoms with Gasteiger partial charge in [0.2, 0.25) is 5.85 Å². The van der Waals surface area contributed by atoms with Gasteiger partial charge in [-0.05, 0) is 18.2 Å². The van der Waals surface area contributed by atoms with Gasteiger partial charge in [-0.15, -0.1) is 6.42 Å². The van der Waals surface area contributed by atoms with E-state index >= 15 is 4.39 Å². The Balaban J connectivity index is 1.53. The molecule has 2 aromatic rings. The van der Waals surface area contributed by atoms with E-state index in [1.165, 1.54) is 6.07 Å². The van der Waals surface area contributed by atoms with Crippen molar-refractivity contribution < 1.29 is 38.1 Å². The zero-order chi connectivity index (χ0) is 23.3. The van der Waals surface area contributed by atoms with E-state index in [-0.39, 0.29) is 23.5 Å². The molecule has 31 heavy (non-hydrogen) atoms. The summed E-state index contributed by atoms with van der Waals surface area (Å²) in [6.07, 6.45) is 0.432. The summed E-state index contributed by atoms with van der Waals surface area (Å²) in [5.74, 6) is -1.47. The fraction of sp³-hybridized carbons (Fsp3) is 0.333. The number of phosphoric acid groups is 1. The molecule has 2 aliphatic rings. The fourth-order valence-corrected chi connectivity index (χ4v) is 4.24. The molecule has 1 unspecified atom stereocenters. The van der Waals surface area contributed by atoms with E-state index in [9.17, 15) is 23.7 Å². The SMILES string of the molecule is [2H][C@@]1(n2cc(C#C)c(=O)[nH]c2=O)O[C@](F)(COP2(=O)OCc3cc(F)ccc3O2)C[C@H]1O. The summed E-state index contributed by atoms with van der Waals surface area (Å²) in [5, 5.41) is 10.3. The van der Waals surface area contributed by atoms with Crippen LogP contribution in [0.5, 0.6) is 5.75 Å². The maximum Gasteiger partial charge on any atom is 0.530 e. The minimum atomic E-state index is -4.35. The number of ether oxygens (including phenoxy) is 1. The largest absolute Gasteiger partial charge is 0.530 e. The second-order valence-electron chi connectivity index (χ2n) is 6.70. The van der Waals surface area contributed by atoms with Gasteiger partial charge in [-0.2, -0.15) is 0 Å². The number of aromatic amines is 1. The number of nitrogens with zero attached hydrogens (tertiary/aromatic N) is 1. The van der Waals surface area contributed by atoms with Crippen molar-refractivity contribution in [3.63, 3.8) is 0 Å². The third-order valence-corrected chi connectivity index (χ3v) is 5.77. The number of nitrogens with one attached hydrogen (secondary N) is 1. The van der Waals surface area contributed by atoms with Crippen LogP contribution in [0.4, 0.5) is 8.78 Å². The number of alkyl halides is 1. The second-order valence-corrected chi connectivity index (χ2v) is 8.29. The summed E-state index contributed by atoms with van der Waals surface area (Å²) in [4.78, 5) is 25.6. The molecule has 0 radical (unpaired) electrons. The molecule has 1 saturated heterocycles. The topological polar surface area (TPSA) is 129 Å². The van der Waals surface area contributed by atoms with Crippen LogP contribution in [0.15, 0.2) is 34.0 Å². The molecule has 0 bridgehead atoms. The van der Waals surface area contributed by atoms with Gasteiger partial charge in [0.05, 0.1) is 7.98 Å². The molecule has 4 atom stereocenters. The van der Waals surface area contributed by atoms with Crippen LogP contribution in [0.2, 0.25) is 0 Å². The Kier molecular flexibility index (Phi) is 5.00. The Morgan fingerprint density at radius 3 is 3.03 bits per heavy atom. The van der Waals surface area contributed by atoms with E-state index in [1.54, 1.807) is 0 Å². The number of H-pyrrole nitrogens is 1. The van der Waals surface area contributed by atoms with Gasteiger partial charge in [0.25, 0.3) is 5.56 Å². The molecular formula is C18H15F2N2O8P. The molecule has 0 amide bonds. The van der Waals surface area contributed by atoms with E-state index < -0.39 is 56.1 Å². The van der Waals surface area contributed by atoms with Crippen molar-refractivity contribution in [2.75, 3.05) is 6.61 Å². The molecule has 0 saturated carbocycles. The van der Waals surface area contributed by atoms with Gasteiger partial charge in [-0.3, -0.25) is 23.4 Å². The number of aliphatic hydroxyl groups is 1. The van der Waals surface area contributed by atoms with Gasteiger partial charge < -0.3 is 14.4 Å². The minimum absolute atomic E-state index is 0.0118. The molecular weight excluding hydrogens is 441 g/mol. The molecule has 1 aromatic heterocycles. The molecule has 0 aliphatic carbocycles. The molecule has 1 aromatic carbocycles. The highest BCUT2D eigenvalue weighted by Gasteiger charge is 2.50. The van der Waals surface area contributed by atoms with Crippen molar-refractivity contribution in [2.24, 2.45) is 0 Å². The summed E-state index contributed by atoms with van der Waals surface area (Å²) >= 11 is 0. The van der Waals surface area contributed by atoms with Gasteiger partial charge in [0.1, 0.15) is 29.8 Å². The van der Waals surface area contributed by atoms with Crippen LogP contribution < -0.4 is 15.8 Å². The lowest BCUT2D eigenvalue weighted by Crippen LogP contribution is -2.37. The summed E-state index contributed by atoms with van der Waals surface area (Å²) in [7, 11) is -4.35. The monoisotopic (exact) mass is 457 g/mol. The van der Waals surface area contributed by atoms with Crippen LogP contribution in [-0.2, 0) is 25.0 Å². The highest BCUT2D eigenvalue weighted by molar-refractivity contribution is 7.49. The van der Waals surface area contributed by atoms with Crippen LogP contribution in [0.3, 0.4) is 0 Å². The number of rotatable bonds is 4. The fourth-order valence-electron chi connectivity index (χ4n) is 2.99. The minimum Gasteiger partial charge on any atom is -0.404 e. The molecule has 3 heterocycles. The van der Waals surface area contributed by atoms with Gasteiger partial charge in [-0.1, -0.05) is 5.92 Å². The zero-order valence-corrected chi connectivity index (χ0v) is 16.4. The maximum absolute atomic E-state index is 15.3. The lowest BCUT2D eigenvalue weighted by molar-refractivity contribution is -0.179. The number of benzene rings is 1. The Hall–Kier alpha value is -2.81. The number of hydrogen-bond acceptors (Lipinski definition) is 8. The van der Waals surface area contributed by atoms with Crippen molar-refractivity contribution >= 4 is 7.82 Å². The molecule has 0 spiro atoms. The quantitative estimate of drug-likeness (QED) is 0.520. The number of phosphoric ester groups is 1.